The molecule has 0 saturated heterocycles. The highest BCUT2D eigenvalue weighted by Crippen LogP contribution is 2.27. The first kappa shape index (κ1) is 22.2. The molecule has 6 rings (SSSR count). The Balaban J connectivity index is 1.50. The van der Waals surface area contributed by atoms with E-state index in [-0.39, 0.29) is 5.91 Å². The monoisotopic (exact) mass is 481 g/mol. The number of hydrogen-bond acceptors (Lipinski definition) is 3. The summed E-state index contributed by atoms with van der Waals surface area (Å²) in [5, 5.41) is 7.98. The average molecular weight is 482 g/mol. The maximum absolute atomic E-state index is 13.2. The minimum Gasteiger partial charge on any atom is -0.337 e. The third kappa shape index (κ3) is 4.68. The van der Waals surface area contributed by atoms with Gasteiger partial charge in [0.15, 0.2) is 5.82 Å². The molecule has 4 aromatic carbocycles. The van der Waals surface area contributed by atoms with Crippen molar-refractivity contribution in [3.8, 4) is 16.9 Å². The van der Waals surface area contributed by atoms with Crippen LogP contribution >= 0.6 is 0 Å². The third-order valence-electron chi connectivity index (χ3n) is 6.04. The zero-order valence-electron chi connectivity index (χ0n) is 19.9. The highest BCUT2D eigenvalue weighted by atomic mass is 16.1. The van der Waals surface area contributed by atoms with E-state index >= 15 is 0 Å². The predicted molar refractivity (Wildman–Crippen MR) is 147 cm³/mol. The van der Waals surface area contributed by atoms with E-state index in [0.29, 0.717) is 17.1 Å². The molecule has 0 unspecified atom stereocenters. The third-order valence-corrected chi connectivity index (χ3v) is 6.04. The lowest BCUT2D eigenvalue weighted by molar-refractivity contribution is 0.0973. The summed E-state index contributed by atoms with van der Waals surface area (Å²) in [6.07, 6.45) is 3.89. The number of carbonyl (C=O) groups excluding carboxylic acids is 1. The molecule has 2 aromatic heterocycles. The molecule has 178 valence electrons. The van der Waals surface area contributed by atoms with Crippen LogP contribution < -0.4 is 5.32 Å². The maximum atomic E-state index is 13.2. The first-order valence-electron chi connectivity index (χ1n) is 12.0. The summed E-state index contributed by atoms with van der Waals surface area (Å²) in [5.41, 5.74) is 6.38. The minimum absolute atomic E-state index is 0.219. The Morgan fingerprint density at radius 3 is 2.16 bits per heavy atom. The Kier molecular flexibility index (Phi) is 5.89. The summed E-state index contributed by atoms with van der Waals surface area (Å²) in [7, 11) is 0. The number of imidazole rings is 1. The predicted octanol–water partition coefficient (Wildman–Crippen LogP) is 6.34. The first-order chi connectivity index (χ1) is 18.2. The number of benzene rings is 4. The zero-order valence-corrected chi connectivity index (χ0v) is 19.9. The van der Waals surface area contributed by atoms with Gasteiger partial charge in [-0.05, 0) is 42.5 Å². The van der Waals surface area contributed by atoms with Crippen molar-refractivity contribution in [1.29, 1.82) is 0 Å². The van der Waals surface area contributed by atoms with Gasteiger partial charge in [0.25, 0.3) is 5.91 Å². The van der Waals surface area contributed by atoms with Crippen molar-refractivity contribution in [2.75, 3.05) is 0 Å². The van der Waals surface area contributed by atoms with E-state index in [0.717, 1.165) is 33.5 Å². The van der Waals surface area contributed by atoms with Crippen LogP contribution in [0.25, 0.3) is 39.8 Å². The lowest BCUT2D eigenvalue weighted by atomic mass is 10.1. The Labute approximate surface area is 213 Å². The fourth-order valence-electron chi connectivity index (χ4n) is 4.21. The lowest BCUT2D eigenvalue weighted by Gasteiger charge is -2.08. The van der Waals surface area contributed by atoms with Gasteiger partial charge in [0.05, 0.1) is 22.4 Å². The molecule has 37 heavy (non-hydrogen) atoms. The van der Waals surface area contributed by atoms with E-state index in [9.17, 15) is 4.79 Å². The molecule has 0 spiro atoms. The van der Waals surface area contributed by atoms with Crippen LogP contribution in [0.5, 0.6) is 0 Å². The van der Waals surface area contributed by atoms with Crippen LogP contribution in [0.3, 0.4) is 0 Å². The summed E-state index contributed by atoms with van der Waals surface area (Å²) in [5.74, 6) is 0.348. The van der Waals surface area contributed by atoms with Crippen LogP contribution in [0.2, 0.25) is 0 Å². The van der Waals surface area contributed by atoms with Crippen LogP contribution in [-0.2, 0) is 0 Å². The molecule has 0 aliphatic carbocycles. The van der Waals surface area contributed by atoms with E-state index in [4.69, 9.17) is 10.1 Å². The second-order valence-corrected chi connectivity index (χ2v) is 8.56. The number of rotatable bonds is 6. The van der Waals surface area contributed by atoms with E-state index < -0.39 is 0 Å². The van der Waals surface area contributed by atoms with Crippen LogP contribution in [0.4, 0.5) is 0 Å². The topological polar surface area (TPSA) is 75.6 Å². The standard InChI is InChI=1S/C31H23N5O/c37-31(23-14-6-2-7-15-23)34-28(30-32-26-18-10-11-19-27(26)33-30)20-24-21-36(25-16-8-3-9-17-25)35-29(24)22-12-4-1-5-13-22/h1-21H,(H,32,33)(H,34,37)/b28-20+. The average Bonchev–Trinajstić information content (AvgIpc) is 3.59. The smallest absolute Gasteiger partial charge is 0.255 e. The van der Waals surface area contributed by atoms with Gasteiger partial charge in [-0.3, -0.25) is 4.79 Å². The number of H-pyrrole nitrogens is 1. The summed E-state index contributed by atoms with van der Waals surface area (Å²) in [6, 6.07) is 36.9. The van der Waals surface area contributed by atoms with Gasteiger partial charge in [0, 0.05) is 22.9 Å². The molecule has 0 fully saturated rings. The summed E-state index contributed by atoms with van der Waals surface area (Å²) in [4.78, 5) is 21.3. The van der Waals surface area contributed by atoms with Crippen LogP contribution in [0.15, 0.2) is 121 Å². The van der Waals surface area contributed by atoms with Crippen molar-refractivity contribution in [3.05, 3.63) is 138 Å². The number of aromatic amines is 1. The van der Waals surface area contributed by atoms with Crippen molar-refractivity contribution < 1.29 is 4.79 Å². The van der Waals surface area contributed by atoms with Crippen molar-refractivity contribution in [2.24, 2.45) is 0 Å². The number of carbonyl (C=O) groups is 1. The van der Waals surface area contributed by atoms with Crippen LogP contribution in [-0.4, -0.2) is 25.7 Å². The molecule has 0 saturated carbocycles. The number of nitrogens with one attached hydrogen (secondary N) is 2. The Morgan fingerprint density at radius 1 is 0.784 bits per heavy atom. The van der Waals surface area contributed by atoms with E-state index in [1.165, 1.54) is 0 Å². The van der Waals surface area contributed by atoms with Crippen molar-refractivity contribution >= 4 is 28.7 Å². The van der Waals surface area contributed by atoms with Crippen molar-refractivity contribution in [1.82, 2.24) is 25.1 Å². The zero-order chi connectivity index (χ0) is 25.0. The highest BCUT2D eigenvalue weighted by Gasteiger charge is 2.17. The van der Waals surface area contributed by atoms with E-state index in [1.54, 1.807) is 12.1 Å². The SMILES string of the molecule is O=C(N/C(=C/c1cn(-c2ccccc2)nc1-c1ccccc1)c1nc2ccccc2[nH]1)c1ccccc1. The Morgan fingerprint density at radius 2 is 1.43 bits per heavy atom. The van der Waals surface area contributed by atoms with Crippen molar-refractivity contribution in [3.63, 3.8) is 0 Å². The second-order valence-electron chi connectivity index (χ2n) is 8.56. The van der Waals surface area contributed by atoms with Gasteiger partial charge in [-0.25, -0.2) is 9.67 Å². The number of para-hydroxylation sites is 3. The van der Waals surface area contributed by atoms with Crippen molar-refractivity contribution in [2.45, 2.75) is 0 Å². The largest absolute Gasteiger partial charge is 0.337 e. The van der Waals surface area contributed by atoms with Gasteiger partial charge >= 0.3 is 0 Å². The van der Waals surface area contributed by atoms with Crippen LogP contribution in [0.1, 0.15) is 21.7 Å². The molecular weight excluding hydrogens is 458 g/mol. The normalized spacial score (nSPS) is 11.5. The summed E-state index contributed by atoms with van der Waals surface area (Å²) >= 11 is 0. The minimum atomic E-state index is -0.219. The number of hydrogen-bond donors (Lipinski definition) is 2. The van der Waals surface area contributed by atoms with E-state index in [1.807, 2.05) is 120 Å². The molecule has 0 aliphatic heterocycles. The molecule has 6 heteroatoms. The highest BCUT2D eigenvalue weighted by molar-refractivity contribution is 6.02. The maximum Gasteiger partial charge on any atom is 0.255 e. The first-order valence-corrected chi connectivity index (χ1v) is 12.0. The molecule has 6 aromatic rings. The summed E-state index contributed by atoms with van der Waals surface area (Å²) < 4.78 is 1.85. The van der Waals surface area contributed by atoms with Gasteiger partial charge in [-0.1, -0.05) is 78.9 Å². The fraction of sp³-hybridized carbons (Fsp3) is 0. The van der Waals surface area contributed by atoms with Gasteiger partial charge in [-0.2, -0.15) is 5.10 Å². The Hall–Kier alpha value is -5.23. The molecule has 2 heterocycles. The second kappa shape index (κ2) is 9.79. The molecule has 0 aliphatic rings. The molecule has 6 nitrogen and oxygen atoms in total. The van der Waals surface area contributed by atoms with E-state index in [2.05, 4.69) is 10.3 Å². The molecular formula is C31H23N5O. The van der Waals surface area contributed by atoms with Gasteiger partial charge in [0.2, 0.25) is 0 Å². The molecule has 0 atom stereocenters. The number of fused-ring (bicyclic) bond motifs is 1. The van der Waals surface area contributed by atoms with Gasteiger partial charge in [-0.15, -0.1) is 0 Å². The molecule has 0 radical (unpaired) electrons. The number of nitrogens with zero attached hydrogens (tertiary/aromatic N) is 3. The number of amides is 1. The molecule has 0 bridgehead atoms. The Bertz CT molecular complexity index is 1670. The lowest BCUT2D eigenvalue weighted by Crippen LogP contribution is -2.22. The molecule has 2 N–H and O–H groups in total. The van der Waals surface area contributed by atoms with Gasteiger partial charge < -0.3 is 10.3 Å². The fourth-order valence-corrected chi connectivity index (χ4v) is 4.21. The van der Waals surface area contributed by atoms with Crippen LogP contribution in [0, 0.1) is 0 Å². The molecule has 1 amide bonds. The quantitative estimate of drug-likeness (QED) is 0.291. The summed E-state index contributed by atoms with van der Waals surface area (Å²) in [6.45, 7) is 0. The number of aromatic nitrogens is 4. The van der Waals surface area contributed by atoms with Gasteiger partial charge in [0.1, 0.15) is 5.69 Å².